The first-order chi connectivity index (χ1) is 28.1. The number of fused-ring (bicyclic) bond motifs is 2. The van der Waals surface area contributed by atoms with Crippen molar-refractivity contribution >= 4 is 69.8 Å². The number of rotatable bonds is 17. The summed E-state index contributed by atoms with van der Waals surface area (Å²) in [4.78, 5) is 87.3. The second-order valence-corrected chi connectivity index (χ2v) is 15.1. The average molecular weight is 790 g/mol. The Balaban J connectivity index is 0.782. The first-order valence-corrected chi connectivity index (χ1v) is 19.9. The second kappa shape index (κ2) is 17.9. The Labute approximate surface area is 335 Å². The summed E-state index contributed by atoms with van der Waals surface area (Å²) < 4.78 is 0. The summed E-state index contributed by atoms with van der Waals surface area (Å²) in [6.07, 6.45) is 6.09. The number of nitrogens with one attached hydrogen (secondary N) is 6. The number of H-pyrrole nitrogens is 1. The van der Waals surface area contributed by atoms with E-state index in [-0.39, 0.29) is 35.8 Å². The van der Waals surface area contributed by atoms with E-state index in [0.29, 0.717) is 54.5 Å². The molecule has 2 fully saturated rings. The fourth-order valence-electron chi connectivity index (χ4n) is 8.00. The van der Waals surface area contributed by atoms with Gasteiger partial charge >= 0.3 is 0 Å². The molecule has 2 saturated heterocycles. The summed E-state index contributed by atoms with van der Waals surface area (Å²) in [5, 5.41) is 21.0. The molecule has 4 heterocycles. The molecule has 0 radical (unpaired) electrons. The van der Waals surface area contributed by atoms with Gasteiger partial charge in [-0.05, 0) is 87.0 Å². The minimum atomic E-state index is -1.01. The number of aromatic amines is 1. The molecule has 6 amide bonds. The summed E-state index contributed by atoms with van der Waals surface area (Å²) in [7, 11) is 1.90. The van der Waals surface area contributed by atoms with Crippen LogP contribution < -0.4 is 26.6 Å². The van der Waals surface area contributed by atoms with Gasteiger partial charge < -0.3 is 31.7 Å². The van der Waals surface area contributed by atoms with Gasteiger partial charge in [0.1, 0.15) is 17.6 Å². The lowest BCUT2D eigenvalue weighted by atomic mass is 10.0. The Kier molecular flexibility index (Phi) is 12.3. The molecule has 0 saturated carbocycles. The molecule has 302 valence electrons. The van der Waals surface area contributed by atoms with Crippen LogP contribution in [0.15, 0.2) is 54.6 Å². The molecule has 0 aliphatic carbocycles. The van der Waals surface area contributed by atoms with Gasteiger partial charge in [-0.3, -0.25) is 43.9 Å². The third kappa shape index (κ3) is 8.98. The van der Waals surface area contributed by atoms with Gasteiger partial charge in [0.2, 0.25) is 17.7 Å². The normalized spacial score (nSPS) is 18.1. The number of quaternary nitrogens is 1. The quantitative estimate of drug-likeness (QED) is 0.0361. The van der Waals surface area contributed by atoms with Crippen molar-refractivity contribution in [3.63, 3.8) is 0 Å². The zero-order valence-corrected chi connectivity index (χ0v) is 32.5. The van der Waals surface area contributed by atoms with Gasteiger partial charge in [0.05, 0.1) is 41.3 Å². The highest BCUT2D eigenvalue weighted by Crippen LogP contribution is 2.32. The van der Waals surface area contributed by atoms with Gasteiger partial charge in [0.25, 0.3) is 17.7 Å². The standard InChI is InChI=1S/C42H48N10O6/c1-44-30-11-9-26(20-27(30)22-43)39(55)47-28-10-12-31-33(21-28)49-35(48-31)24-51-19-16-25(23-51)15-18-46-36(53)8-3-2-4-17-45-32-7-5-6-29-38(32)42(58)52(41(29)57)34-13-14-37(54)50-40(34)56/h5-7,9-12,20-22,25,34,43-45H,2-4,8,13-19,23-24H2,1H3,(H,46,53)(H,47,55)(H,48,49)(H,50,54,56)/p+1. The van der Waals surface area contributed by atoms with Gasteiger partial charge in [0.15, 0.2) is 0 Å². The number of nitrogens with zero attached hydrogens (tertiary/aromatic N) is 3. The van der Waals surface area contributed by atoms with Crippen LogP contribution in [0, 0.1) is 11.3 Å². The predicted molar refractivity (Wildman–Crippen MR) is 217 cm³/mol. The summed E-state index contributed by atoms with van der Waals surface area (Å²) in [5.74, 6) is -1.01. The van der Waals surface area contributed by atoms with Crippen molar-refractivity contribution < 1.29 is 34.1 Å². The SMILES string of the molecule is C[NH2+]c1ccc(C(=O)Nc2ccc3nc(CN4CCC(CCNC(=O)CCCCCNc5cccc6c5C(=O)N(C5CCC(=O)NC5=O)C6=O)C4)[nH]c3c2)cc1C=N. The molecule has 3 aliphatic heterocycles. The van der Waals surface area contributed by atoms with Gasteiger partial charge in [-0.15, -0.1) is 0 Å². The van der Waals surface area contributed by atoms with E-state index in [1.807, 2.05) is 36.6 Å². The molecule has 16 heteroatoms. The maximum absolute atomic E-state index is 13.3. The fourth-order valence-corrected chi connectivity index (χ4v) is 8.00. The number of carbonyl (C=O) groups excluding carboxylic acids is 6. The Bertz CT molecular complexity index is 2270. The van der Waals surface area contributed by atoms with E-state index in [9.17, 15) is 28.8 Å². The molecule has 7 rings (SSSR count). The number of benzene rings is 3. The van der Waals surface area contributed by atoms with Crippen molar-refractivity contribution in [3.8, 4) is 0 Å². The van der Waals surface area contributed by atoms with E-state index < -0.39 is 29.7 Å². The van der Waals surface area contributed by atoms with Crippen molar-refractivity contribution in [2.24, 2.45) is 5.92 Å². The van der Waals surface area contributed by atoms with Gasteiger partial charge in [-0.25, -0.2) is 4.98 Å². The predicted octanol–water partition coefficient (Wildman–Crippen LogP) is 3.04. The van der Waals surface area contributed by atoms with Crippen LogP contribution >= 0.6 is 0 Å². The van der Waals surface area contributed by atoms with E-state index in [0.717, 1.165) is 72.6 Å². The number of anilines is 2. The van der Waals surface area contributed by atoms with Crippen molar-refractivity contribution in [3.05, 3.63) is 82.7 Å². The maximum Gasteiger partial charge on any atom is 0.264 e. The van der Waals surface area contributed by atoms with Crippen molar-refractivity contribution in [2.45, 2.75) is 64.0 Å². The summed E-state index contributed by atoms with van der Waals surface area (Å²) in [5.41, 5.74) is 5.39. The van der Waals surface area contributed by atoms with Crippen molar-refractivity contribution in [1.82, 2.24) is 30.4 Å². The number of imide groups is 2. The molecular formula is C42H49N10O6+. The molecular weight excluding hydrogens is 741 g/mol. The molecule has 58 heavy (non-hydrogen) atoms. The first-order valence-electron chi connectivity index (χ1n) is 19.9. The molecule has 3 aromatic carbocycles. The molecule has 3 aliphatic rings. The zero-order valence-electron chi connectivity index (χ0n) is 32.5. The van der Waals surface area contributed by atoms with Crippen LogP contribution in [0.4, 0.5) is 17.1 Å². The highest BCUT2D eigenvalue weighted by atomic mass is 16.2. The lowest BCUT2D eigenvalue weighted by Gasteiger charge is -2.27. The third-order valence-electron chi connectivity index (χ3n) is 11.1. The molecule has 0 bridgehead atoms. The number of amides is 6. The Morgan fingerprint density at radius 1 is 1.00 bits per heavy atom. The van der Waals surface area contributed by atoms with Crippen LogP contribution in [0.3, 0.4) is 0 Å². The Hall–Kier alpha value is -6.26. The van der Waals surface area contributed by atoms with Crippen molar-refractivity contribution in [2.75, 3.05) is 43.9 Å². The number of hydrogen-bond donors (Lipinski definition) is 7. The highest BCUT2D eigenvalue weighted by molar-refractivity contribution is 6.25. The fraction of sp³-hybridized carbons (Fsp3) is 0.381. The van der Waals surface area contributed by atoms with Crippen LogP contribution in [-0.4, -0.2) is 101 Å². The molecule has 16 nitrogen and oxygen atoms in total. The third-order valence-corrected chi connectivity index (χ3v) is 11.1. The van der Waals surface area contributed by atoms with Crippen LogP contribution in [0.1, 0.15) is 93.8 Å². The van der Waals surface area contributed by atoms with Crippen LogP contribution in [0.5, 0.6) is 0 Å². The molecule has 8 N–H and O–H groups in total. The number of likely N-dealkylation sites (tertiary alicyclic amines) is 1. The van der Waals surface area contributed by atoms with Crippen LogP contribution in [0.25, 0.3) is 11.0 Å². The number of nitrogens with two attached hydrogens (primary N) is 1. The monoisotopic (exact) mass is 789 g/mol. The maximum atomic E-state index is 13.3. The van der Waals surface area contributed by atoms with E-state index in [1.54, 1.807) is 30.3 Å². The van der Waals surface area contributed by atoms with Crippen molar-refractivity contribution in [1.29, 1.82) is 5.41 Å². The topological polar surface area (TPSA) is 226 Å². The van der Waals surface area contributed by atoms with E-state index in [4.69, 9.17) is 10.4 Å². The average Bonchev–Trinajstić information content (AvgIpc) is 3.91. The lowest BCUT2D eigenvalue weighted by Crippen LogP contribution is -2.73. The van der Waals surface area contributed by atoms with Crippen LogP contribution in [0.2, 0.25) is 0 Å². The number of imidazole rings is 1. The molecule has 2 unspecified atom stereocenters. The number of unbranched alkanes of at least 4 members (excludes halogenated alkanes) is 2. The molecule has 4 aromatic rings. The Morgan fingerprint density at radius 2 is 1.86 bits per heavy atom. The van der Waals surface area contributed by atoms with E-state index in [1.165, 1.54) is 6.21 Å². The molecule has 0 spiro atoms. The highest BCUT2D eigenvalue weighted by Gasteiger charge is 2.45. The smallest absolute Gasteiger partial charge is 0.264 e. The number of carbonyl (C=O) groups is 6. The summed E-state index contributed by atoms with van der Waals surface area (Å²) in [6, 6.07) is 14.9. The van der Waals surface area contributed by atoms with E-state index in [2.05, 4.69) is 31.2 Å². The zero-order chi connectivity index (χ0) is 40.8. The number of aromatic nitrogens is 2. The van der Waals surface area contributed by atoms with Crippen LogP contribution in [-0.2, 0) is 20.9 Å². The van der Waals surface area contributed by atoms with Gasteiger partial charge in [0, 0.05) is 61.7 Å². The minimum absolute atomic E-state index is 0.0309. The number of hydrogen-bond acceptors (Lipinski definition) is 10. The first kappa shape index (κ1) is 40.0. The second-order valence-electron chi connectivity index (χ2n) is 15.1. The largest absolute Gasteiger partial charge is 0.384 e. The van der Waals surface area contributed by atoms with E-state index >= 15 is 0 Å². The lowest BCUT2D eigenvalue weighted by molar-refractivity contribution is -0.539. The molecule has 2 atom stereocenters. The minimum Gasteiger partial charge on any atom is -0.384 e. The van der Waals surface area contributed by atoms with Gasteiger partial charge in [-0.2, -0.15) is 0 Å². The summed E-state index contributed by atoms with van der Waals surface area (Å²) in [6.45, 7) is 3.73. The Morgan fingerprint density at radius 3 is 2.67 bits per heavy atom. The number of piperidine rings is 1. The molecule has 1 aromatic heterocycles. The summed E-state index contributed by atoms with van der Waals surface area (Å²) >= 11 is 0. The van der Waals surface area contributed by atoms with Gasteiger partial charge in [-0.1, -0.05) is 12.5 Å².